The van der Waals surface area contributed by atoms with Crippen molar-refractivity contribution in [3.63, 3.8) is 0 Å². The molecular weight excluding hydrogens is 156 g/mol. The van der Waals surface area contributed by atoms with Crippen molar-refractivity contribution >= 4 is 11.6 Å². The van der Waals surface area contributed by atoms with Gasteiger partial charge >= 0.3 is 61.7 Å². The first-order valence-corrected chi connectivity index (χ1v) is 4.02. The Balaban J connectivity index is 4.16. The number of carbonyl (C=O) groups excluding carboxylic acids is 2. The van der Waals surface area contributed by atoms with Crippen LogP contribution in [0.2, 0.25) is 4.22 Å². The standard InChI is InChI=1S/C5H7O2.O.Ti/c1-4(6)3-5(2)7;;/h3H,1-2H3;;. The number of hydrogen-bond donors (Lipinski definition) is 0. The summed E-state index contributed by atoms with van der Waals surface area (Å²) in [6.45, 7) is 2.57. The van der Waals surface area contributed by atoms with Gasteiger partial charge in [0.15, 0.2) is 0 Å². The molecule has 0 aliphatic carbocycles. The van der Waals surface area contributed by atoms with Crippen molar-refractivity contribution in [1.82, 2.24) is 0 Å². The van der Waals surface area contributed by atoms with E-state index in [0.29, 0.717) is 0 Å². The van der Waals surface area contributed by atoms with Gasteiger partial charge in [0.2, 0.25) is 0 Å². The average Bonchev–Trinajstić information content (AvgIpc) is 1.64. The molecule has 3 nitrogen and oxygen atoms in total. The van der Waals surface area contributed by atoms with Crippen molar-refractivity contribution in [2.45, 2.75) is 18.1 Å². The van der Waals surface area contributed by atoms with Crippen LogP contribution in [0.4, 0.5) is 0 Å². The molecule has 0 atom stereocenters. The summed E-state index contributed by atoms with van der Waals surface area (Å²) in [6, 6.07) is 0. The number of ketones is 2. The Labute approximate surface area is 62.1 Å². The molecule has 0 heterocycles. The van der Waals surface area contributed by atoms with E-state index in [1.165, 1.54) is 13.8 Å². The fourth-order valence-corrected chi connectivity index (χ4v) is 0.971. The molecule has 4 heteroatoms. The normalized spacial score (nSPS) is 8.78. The van der Waals surface area contributed by atoms with Crippen LogP contribution in [0.15, 0.2) is 0 Å². The molecule has 0 spiro atoms. The predicted molar refractivity (Wildman–Crippen MR) is 25.8 cm³/mol. The van der Waals surface area contributed by atoms with Gasteiger partial charge in [-0.05, 0) is 0 Å². The number of hydrogen-bond acceptors (Lipinski definition) is 3. The van der Waals surface area contributed by atoms with Crippen molar-refractivity contribution in [1.29, 1.82) is 0 Å². The third-order valence-corrected chi connectivity index (χ3v) is 2.57. The molecule has 0 N–H and O–H groups in total. The molecule has 9 heavy (non-hydrogen) atoms. The van der Waals surface area contributed by atoms with E-state index < -0.39 is 23.3 Å². The van der Waals surface area contributed by atoms with Crippen LogP contribution < -0.4 is 0 Å². The molecule has 0 aromatic heterocycles. The van der Waals surface area contributed by atoms with Crippen LogP contribution in [0, 0.1) is 0 Å². The third kappa shape index (κ3) is 2.77. The second-order valence-corrected chi connectivity index (χ2v) is 3.04. The quantitative estimate of drug-likeness (QED) is 0.446. The van der Waals surface area contributed by atoms with E-state index in [0.717, 1.165) is 0 Å². The van der Waals surface area contributed by atoms with Crippen LogP contribution in [0.5, 0.6) is 0 Å². The van der Waals surface area contributed by atoms with Crippen molar-refractivity contribution < 1.29 is 32.0 Å². The predicted octanol–water partition coefficient (Wildman–Crippen LogP) is 0.381. The molecule has 0 unspecified atom stereocenters. The van der Waals surface area contributed by atoms with Gasteiger partial charge in [0, 0.05) is 0 Å². The Morgan fingerprint density at radius 2 is 1.56 bits per heavy atom. The van der Waals surface area contributed by atoms with E-state index in [4.69, 9.17) is 0 Å². The van der Waals surface area contributed by atoms with E-state index in [1.807, 2.05) is 0 Å². The van der Waals surface area contributed by atoms with Crippen LogP contribution in [-0.2, 0) is 32.0 Å². The molecule has 0 aromatic rings. The Bertz CT molecular complexity index is 138. The molecule has 49 valence electrons. The second-order valence-electron chi connectivity index (χ2n) is 1.77. The Morgan fingerprint density at radius 3 is 1.56 bits per heavy atom. The van der Waals surface area contributed by atoms with Crippen molar-refractivity contribution in [2.24, 2.45) is 0 Å². The van der Waals surface area contributed by atoms with Crippen LogP contribution in [0.1, 0.15) is 13.8 Å². The number of rotatable bonds is 3. The number of carbonyl (C=O) groups is 2. The van der Waals surface area contributed by atoms with Crippen molar-refractivity contribution in [2.75, 3.05) is 0 Å². The van der Waals surface area contributed by atoms with E-state index in [2.05, 4.69) is 0 Å². The third-order valence-electron chi connectivity index (χ3n) is 0.931. The fraction of sp³-hybridized carbons (Fsp3) is 0.600. The summed E-state index contributed by atoms with van der Waals surface area (Å²) in [5.74, 6) is -0.560. The summed E-state index contributed by atoms with van der Waals surface area (Å²) in [6.07, 6.45) is 0. The Hall–Kier alpha value is -0.146. The molecule has 0 saturated carbocycles. The van der Waals surface area contributed by atoms with E-state index >= 15 is 0 Å². The summed E-state index contributed by atoms with van der Waals surface area (Å²) in [7, 11) is 0. The maximum absolute atomic E-state index is 10.4. The molecule has 0 aromatic carbocycles. The van der Waals surface area contributed by atoms with Gasteiger partial charge < -0.3 is 0 Å². The van der Waals surface area contributed by atoms with Crippen molar-refractivity contribution in [3.05, 3.63) is 0 Å². The molecule has 0 rings (SSSR count). The number of Topliss-reactive ketones (excluding diaryl/α,β-unsaturated/α-hetero) is 2. The molecule has 0 aliphatic heterocycles. The molecule has 0 radical (unpaired) electrons. The van der Waals surface area contributed by atoms with Gasteiger partial charge in [-0.15, -0.1) is 0 Å². The Kier molecular flexibility index (Phi) is 3.74. The van der Waals surface area contributed by atoms with Gasteiger partial charge in [0.25, 0.3) is 0 Å². The fourth-order valence-electron chi connectivity index (χ4n) is 0.452. The topological polar surface area (TPSA) is 51.2 Å². The molecule has 0 amide bonds. The zero-order valence-electron chi connectivity index (χ0n) is 5.30. The van der Waals surface area contributed by atoms with Gasteiger partial charge in [-0.25, -0.2) is 0 Å². The summed E-state index contributed by atoms with van der Waals surface area (Å²) < 4.78 is 9.41. The zero-order valence-corrected chi connectivity index (χ0v) is 6.86. The van der Waals surface area contributed by atoms with E-state index in [9.17, 15) is 12.9 Å². The molecule has 0 saturated heterocycles. The average molecular weight is 163 g/mol. The summed E-state index contributed by atoms with van der Waals surface area (Å²) in [5.41, 5.74) is 0. The first kappa shape index (κ1) is 8.85. The van der Waals surface area contributed by atoms with Crippen molar-refractivity contribution in [3.8, 4) is 0 Å². The summed E-state index contributed by atoms with van der Waals surface area (Å²) >= 11 is -1.61. The molecular formula is C5H7O3Ti. The summed E-state index contributed by atoms with van der Waals surface area (Å²) in [4.78, 5) is 20.9. The monoisotopic (exact) mass is 163 g/mol. The van der Waals surface area contributed by atoms with Gasteiger partial charge in [-0.2, -0.15) is 0 Å². The Morgan fingerprint density at radius 1 is 1.22 bits per heavy atom. The SMILES string of the molecule is CC(=O)[CH]([Ti]=[O])C(C)=O. The van der Waals surface area contributed by atoms with Crippen LogP contribution in [0.3, 0.4) is 0 Å². The first-order chi connectivity index (χ1) is 4.09. The zero-order chi connectivity index (χ0) is 7.44. The molecule has 0 bridgehead atoms. The molecule has 0 aliphatic rings. The second kappa shape index (κ2) is 3.80. The van der Waals surface area contributed by atoms with Crippen LogP contribution in [0.25, 0.3) is 0 Å². The van der Waals surface area contributed by atoms with Crippen LogP contribution in [-0.4, -0.2) is 11.6 Å². The molecule has 0 fully saturated rings. The summed E-state index contributed by atoms with van der Waals surface area (Å²) in [5, 5.41) is 0. The minimum absolute atomic E-state index is 0.280. The minimum atomic E-state index is -1.61. The first-order valence-electron chi connectivity index (χ1n) is 2.48. The van der Waals surface area contributed by atoms with Gasteiger partial charge in [0.1, 0.15) is 0 Å². The van der Waals surface area contributed by atoms with E-state index in [1.54, 1.807) is 0 Å². The van der Waals surface area contributed by atoms with E-state index in [-0.39, 0.29) is 11.6 Å². The van der Waals surface area contributed by atoms with Gasteiger partial charge in [0.05, 0.1) is 0 Å². The van der Waals surface area contributed by atoms with Crippen LogP contribution >= 0.6 is 0 Å². The van der Waals surface area contributed by atoms with Gasteiger partial charge in [-0.3, -0.25) is 0 Å². The van der Waals surface area contributed by atoms with Gasteiger partial charge in [-0.1, -0.05) is 0 Å². The maximum atomic E-state index is 10.4.